The monoisotopic (exact) mass is 247 g/mol. The van der Waals surface area contributed by atoms with E-state index in [0.717, 1.165) is 30.8 Å². The largest absolute Gasteiger partial charge is 0.316 e. The molecule has 0 aromatic carbocycles. The molecule has 4 nitrogen and oxygen atoms in total. The van der Waals surface area contributed by atoms with Gasteiger partial charge in [-0.1, -0.05) is 0 Å². The summed E-state index contributed by atoms with van der Waals surface area (Å²) in [5, 5.41) is 6.19. The normalized spacial score (nSPS) is 18.9. The molecule has 2 heterocycles. The van der Waals surface area contributed by atoms with Gasteiger partial charge in [0, 0.05) is 12.1 Å². The van der Waals surface area contributed by atoms with Crippen LogP contribution in [0.1, 0.15) is 30.5 Å². The van der Waals surface area contributed by atoms with E-state index in [1.165, 1.54) is 6.42 Å². The number of rotatable bonds is 4. The maximum absolute atomic E-state index is 11.8. The van der Waals surface area contributed by atoms with Gasteiger partial charge in [0.15, 0.2) is 0 Å². The SMILES string of the molecule is Cc1cc(C)nc(NC(=O)CCC2CCNC2)c1. The Morgan fingerprint density at radius 1 is 1.50 bits per heavy atom. The van der Waals surface area contributed by atoms with Crippen molar-refractivity contribution in [2.45, 2.75) is 33.1 Å². The van der Waals surface area contributed by atoms with Crippen molar-refractivity contribution in [3.63, 3.8) is 0 Å². The number of aryl methyl sites for hydroxylation is 2. The summed E-state index contributed by atoms with van der Waals surface area (Å²) in [7, 11) is 0. The first kappa shape index (κ1) is 13.0. The molecule has 18 heavy (non-hydrogen) atoms. The third kappa shape index (κ3) is 3.81. The number of aromatic nitrogens is 1. The predicted octanol–water partition coefficient (Wildman–Crippen LogP) is 2.03. The molecule has 4 heteroatoms. The number of hydrogen-bond acceptors (Lipinski definition) is 3. The predicted molar refractivity (Wildman–Crippen MR) is 72.6 cm³/mol. The summed E-state index contributed by atoms with van der Waals surface area (Å²) >= 11 is 0. The number of nitrogens with one attached hydrogen (secondary N) is 2. The molecule has 0 bridgehead atoms. The zero-order valence-electron chi connectivity index (χ0n) is 11.1. The Hall–Kier alpha value is -1.42. The molecule has 1 fully saturated rings. The highest BCUT2D eigenvalue weighted by Gasteiger charge is 2.15. The minimum Gasteiger partial charge on any atom is -0.316 e. The van der Waals surface area contributed by atoms with Crippen LogP contribution in [0, 0.1) is 19.8 Å². The quantitative estimate of drug-likeness (QED) is 0.856. The third-order valence-corrected chi connectivity index (χ3v) is 3.31. The van der Waals surface area contributed by atoms with E-state index in [9.17, 15) is 4.79 Å². The van der Waals surface area contributed by atoms with Crippen LogP contribution in [-0.4, -0.2) is 24.0 Å². The molecule has 1 saturated heterocycles. The van der Waals surface area contributed by atoms with Crippen molar-refractivity contribution >= 4 is 11.7 Å². The number of carbonyl (C=O) groups is 1. The fourth-order valence-corrected chi connectivity index (χ4v) is 2.41. The fourth-order valence-electron chi connectivity index (χ4n) is 2.41. The van der Waals surface area contributed by atoms with Gasteiger partial charge in [0.05, 0.1) is 0 Å². The second-order valence-corrected chi connectivity index (χ2v) is 5.12. The second-order valence-electron chi connectivity index (χ2n) is 5.12. The number of hydrogen-bond donors (Lipinski definition) is 2. The molecular weight excluding hydrogens is 226 g/mol. The van der Waals surface area contributed by atoms with Crippen LogP contribution >= 0.6 is 0 Å². The van der Waals surface area contributed by atoms with Gasteiger partial charge >= 0.3 is 0 Å². The zero-order valence-corrected chi connectivity index (χ0v) is 11.1. The topological polar surface area (TPSA) is 54.0 Å². The molecule has 0 spiro atoms. The molecule has 2 rings (SSSR count). The van der Waals surface area contributed by atoms with Crippen molar-refractivity contribution in [2.24, 2.45) is 5.92 Å². The molecule has 1 atom stereocenters. The molecule has 2 N–H and O–H groups in total. The number of nitrogens with zero attached hydrogens (tertiary/aromatic N) is 1. The summed E-state index contributed by atoms with van der Waals surface area (Å²) < 4.78 is 0. The van der Waals surface area contributed by atoms with Gasteiger partial charge in [0.25, 0.3) is 0 Å². The molecule has 0 saturated carbocycles. The molecule has 1 aromatic heterocycles. The molecule has 0 aliphatic carbocycles. The lowest BCUT2D eigenvalue weighted by Crippen LogP contribution is -2.15. The number of pyridine rings is 1. The maximum Gasteiger partial charge on any atom is 0.225 e. The Kier molecular flexibility index (Phi) is 4.31. The highest BCUT2D eigenvalue weighted by molar-refractivity contribution is 5.89. The summed E-state index contributed by atoms with van der Waals surface area (Å²) in [5.74, 6) is 1.39. The van der Waals surface area contributed by atoms with Crippen LogP contribution in [-0.2, 0) is 4.79 Å². The van der Waals surface area contributed by atoms with E-state index < -0.39 is 0 Å². The van der Waals surface area contributed by atoms with Crippen molar-refractivity contribution in [1.82, 2.24) is 10.3 Å². The Morgan fingerprint density at radius 3 is 3.00 bits per heavy atom. The summed E-state index contributed by atoms with van der Waals surface area (Å²) in [4.78, 5) is 16.1. The molecule has 1 amide bonds. The summed E-state index contributed by atoms with van der Waals surface area (Å²) in [5.41, 5.74) is 2.06. The lowest BCUT2D eigenvalue weighted by atomic mass is 10.0. The van der Waals surface area contributed by atoms with Crippen LogP contribution < -0.4 is 10.6 Å². The highest BCUT2D eigenvalue weighted by atomic mass is 16.1. The van der Waals surface area contributed by atoms with E-state index >= 15 is 0 Å². The number of anilines is 1. The van der Waals surface area contributed by atoms with Crippen molar-refractivity contribution < 1.29 is 4.79 Å². The van der Waals surface area contributed by atoms with Gasteiger partial charge in [0.1, 0.15) is 5.82 Å². The van der Waals surface area contributed by atoms with Crippen LogP contribution in [0.15, 0.2) is 12.1 Å². The second kappa shape index (κ2) is 5.96. The Balaban J connectivity index is 1.82. The van der Waals surface area contributed by atoms with Crippen molar-refractivity contribution in [3.8, 4) is 0 Å². The zero-order chi connectivity index (χ0) is 13.0. The summed E-state index contributed by atoms with van der Waals surface area (Å²) in [6.45, 7) is 6.08. The van der Waals surface area contributed by atoms with E-state index in [1.54, 1.807) is 0 Å². The van der Waals surface area contributed by atoms with E-state index in [-0.39, 0.29) is 5.91 Å². The average Bonchev–Trinajstić information content (AvgIpc) is 2.77. The molecule has 1 aromatic rings. The van der Waals surface area contributed by atoms with Gasteiger partial charge in [-0.2, -0.15) is 0 Å². The van der Waals surface area contributed by atoms with Gasteiger partial charge in [-0.25, -0.2) is 4.98 Å². The molecule has 1 unspecified atom stereocenters. The fraction of sp³-hybridized carbons (Fsp3) is 0.571. The van der Waals surface area contributed by atoms with E-state index in [0.29, 0.717) is 18.2 Å². The van der Waals surface area contributed by atoms with Gasteiger partial charge < -0.3 is 10.6 Å². The Morgan fingerprint density at radius 2 is 2.33 bits per heavy atom. The summed E-state index contributed by atoms with van der Waals surface area (Å²) in [6, 6.07) is 3.90. The Bertz CT molecular complexity index is 405. The highest BCUT2D eigenvalue weighted by Crippen LogP contribution is 2.15. The smallest absolute Gasteiger partial charge is 0.225 e. The lowest BCUT2D eigenvalue weighted by molar-refractivity contribution is -0.116. The molecular formula is C14H21N3O. The first-order valence-corrected chi connectivity index (χ1v) is 6.59. The van der Waals surface area contributed by atoms with Crippen LogP contribution in [0.25, 0.3) is 0 Å². The first-order valence-electron chi connectivity index (χ1n) is 6.59. The summed E-state index contributed by atoms with van der Waals surface area (Å²) in [6.07, 6.45) is 2.74. The van der Waals surface area contributed by atoms with E-state index in [1.807, 2.05) is 26.0 Å². The van der Waals surface area contributed by atoms with Crippen LogP contribution in [0.5, 0.6) is 0 Å². The Labute approximate surface area is 108 Å². The maximum atomic E-state index is 11.8. The van der Waals surface area contributed by atoms with Crippen LogP contribution in [0.4, 0.5) is 5.82 Å². The van der Waals surface area contributed by atoms with Gasteiger partial charge in [-0.3, -0.25) is 4.79 Å². The third-order valence-electron chi connectivity index (χ3n) is 3.31. The first-order chi connectivity index (χ1) is 8.63. The molecule has 1 aliphatic rings. The number of carbonyl (C=O) groups excluding carboxylic acids is 1. The molecule has 1 aliphatic heterocycles. The molecule has 0 radical (unpaired) electrons. The lowest BCUT2D eigenvalue weighted by Gasteiger charge is -2.09. The van der Waals surface area contributed by atoms with Gasteiger partial charge in [-0.05, 0) is 63.4 Å². The van der Waals surface area contributed by atoms with Crippen molar-refractivity contribution in [3.05, 3.63) is 23.4 Å². The van der Waals surface area contributed by atoms with Gasteiger partial charge in [0.2, 0.25) is 5.91 Å². The van der Waals surface area contributed by atoms with Crippen molar-refractivity contribution in [2.75, 3.05) is 18.4 Å². The average molecular weight is 247 g/mol. The van der Waals surface area contributed by atoms with Crippen LogP contribution in [0.2, 0.25) is 0 Å². The minimum atomic E-state index is 0.0689. The van der Waals surface area contributed by atoms with E-state index in [4.69, 9.17) is 0 Å². The van der Waals surface area contributed by atoms with E-state index in [2.05, 4.69) is 15.6 Å². The van der Waals surface area contributed by atoms with Crippen molar-refractivity contribution in [1.29, 1.82) is 0 Å². The number of amides is 1. The van der Waals surface area contributed by atoms with Crippen LogP contribution in [0.3, 0.4) is 0 Å². The van der Waals surface area contributed by atoms with Gasteiger partial charge in [-0.15, -0.1) is 0 Å². The minimum absolute atomic E-state index is 0.0689. The molecule has 98 valence electrons. The standard InChI is InChI=1S/C14H21N3O/c1-10-7-11(2)16-13(8-10)17-14(18)4-3-12-5-6-15-9-12/h7-8,12,15H,3-6,9H2,1-2H3,(H,16,17,18).